The van der Waals surface area contributed by atoms with E-state index >= 15 is 0 Å². The summed E-state index contributed by atoms with van der Waals surface area (Å²) in [6.07, 6.45) is 0. The fourth-order valence-electron chi connectivity index (χ4n) is 1.83. The molecular weight excluding hydrogens is 259 g/mol. The van der Waals surface area contributed by atoms with Crippen LogP contribution in [0.25, 0.3) is 0 Å². The first-order chi connectivity index (χ1) is 9.16. The summed E-state index contributed by atoms with van der Waals surface area (Å²) in [5, 5.41) is 0. The third kappa shape index (κ3) is 3.93. The molecule has 19 heavy (non-hydrogen) atoms. The fourth-order valence-corrected chi connectivity index (χ4v) is 2.69. The van der Waals surface area contributed by atoms with E-state index in [4.69, 9.17) is 0 Å². The molecule has 0 aliphatic carbocycles. The number of thioether (sulfide) groups is 1. The van der Waals surface area contributed by atoms with Gasteiger partial charge < -0.3 is 0 Å². The maximum Gasteiger partial charge on any atom is 0.175 e. The molecule has 0 bridgehead atoms. The topological polar surface area (TPSA) is 17.1 Å². The fraction of sp³-hybridized carbons (Fsp3) is 0.188. The number of Topliss-reactive ketones (excluding diaryl/α,β-unsaturated/α-hetero) is 1. The molecule has 0 saturated heterocycles. The van der Waals surface area contributed by atoms with Gasteiger partial charge in [0.2, 0.25) is 0 Å². The molecule has 0 spiro atoms. The van der Waals surface area contributed by atoms with Gasteiger partial charge in [0.1, 0.15) is 5.82 Å². The minimum absolute atomic E-state index is 0.157. The van der Waals surface area contributed by atoms with Crippen molar-refractivity contribution in [3.05, 3.63) is 71.0 Å². The molecule has 0 N–H and O–H groups in total. The molecular formula is C16H15FOS. The van der Waals surface area contributed by atoms with E-state index in [2.05, 4.69) is 6.07 Å². The van der Waals surface area contributed by atoms with Crippen molar-refractivity contribution < 1.29 is 9.18 Å². The summed E-state index contributed by atoms with van der Waals surface area (Å²) < 4.78 is 13.4. The summed E-state index contributed by atoms with van der Waals surface area (Å²) in [6, 6.07) is 14.3. The number of aryl methyl sites for hydroxylation is 1. The second kappa shape index (κ2) is 6.53. The van der Waals surface area contributed by atoms with Gasteiger partial charge in [0.25, 0.3) is 0 Å². The first-order valence-electron chi connectivity index (χ1n) is 6.08. The zero-order chi connectivity index (χ0) is 13.7. The van der Waals surface area contributed by atoms with Crippen molar-refractivity contribution in [3.8, 4) is 0 Å². The third-order valence-corrected chi connectivity index (χ3v) is 3.76. The first-order valence-corrected chi connectivity index (χ1v) is 7.23. The van der Waals surface area contributed by atoms with Crippen LogP contribution in [0.15, 0.2) is 48.5 Å². The van der Waals surface area contributed by atoms with Gasteiger partial charge in [0.05, 0.1) is 11.3 Å². The van der Waals surface area contributed by atoms with Crippen molar-refractivity contribution in [1.29, 1.82) is 0 Å². The summed E-state index contributed by atoms with van der Waals surface area (Å²) in [6.45, 7) is 2.04. The smallest absolute Gasteiger partial charge is 0.175 e. The highest BCUT2D eigenvalue weighted by molar-refractivity contribution is 7.99. The molecule has 0 aliphatic heterocycles. The van der Waals surface area contributed by atoms with Gasteiger partial charge in [-0.25, -0.2) is 4.39 Å². The normalized spacial score (nSPS) is 10.4. The first kappa shape index (κ1) is 13.8. The van der Waals surface area contributed by atoms with E-state index in [1.54, 1.807) is 12.1 Å². The van der Waals surface area contributed by atoms with E-state index in [0.29, 0.717) is 5.75 Å². The molecule has 0 fully saturated rings. The lowest BCUT2D eigenvalue weighted by Gasteiger charge is -2.04. The van der Waals surface area contributed by atoms with Crippen molar-refractivity contribution in [1.82, 2.24) is 0 Å². The summed E-state index contributed by atoms with van der Waals surface area (Å²) in [7, 11) is 0. The SMILES string of the molecule is Cc1cccc(CSCC(=O)c2ccccc2F)c1. The molecule has 0 aliphatic rings. The Balaban J connectivity index is 1.90. The number of ketones is 1. The van der Waals surface area contributed by atoms with E-state index < -0.39 is 5.82 Å². The Labute approximate surface area is 116 Å². The van der Waals surface area contributed by atoms with Crippen LogP contribution in [0, 0.1) is 12.7 Å². The zero-order valence-corrected chi connectivity index (χ0v) is 11.5. The molecule has 3 heteroatoms. The van der Waals surface area contributed by atoms with Crippen LogP contribution < -0.4 is 0 Å². The van der Waals surface area contributed by atoms with Gasteiger partial charge in [-0.1, -0.05) is 42.0 Å². The summed E-state index contributed by atoms with van der Waals surface area (Å²) in [4.78, 5) is 11.9. The highest BCUT2D eigenvalue weighted by atomic mass is 32.2. The van der Waals surface area contributed by atoms with Crippen LogP contribution in [0.2, 0.25) is 0 Å². The van der Waals surface area contributed by atoms with Gasteiger partial charge >= 0.3 is 0 Å². The number of hydrogen-bond donors (Lipinski definition) is 0. The third-order valence-electron chi connectivity index (χ3n) is 2.76. The Morgan fingerprint density at radius 3 is 2.68 bits per heavy atom. The second-order valence-electron chi connectivity index (χ2n) is 4.38. The minimum atomic E-state index is -0.441. The van der Waals surface area contributed by atoms with Gasteiger partial charge in [-0.2, -0.15) is 0 Å². The lowest BCUT2D eigenvalue weighted by molar-refractivity contribution is 0.101. The van der Waals surface area contributed by atoms with Gasteiger partial charge in [-0.15, -0.1) is 11.8 Å². The average Bonchev–Trinajstić information content (AvgIpc) is 2.39. The molecule has 2 rings (SSSR count). The van der Waals surface area contributed by atoms with Crippen molar-refractivity contribution in [3.63, 3.8) is 0 Å². The Morgan fingerprint density at radius 1 is 1.16 bits per heavy atom. The van der Waals surface area contributed by atoms with Gasteiger partial charge in [-0.3, -0.25) is 4.79 Å². The monoisotopic (exact) mass is 274 g/mol. The van der Waals surface area contributed by atoms with Crippen molar-refractivity contribution in [2.24, 2.45) is 0 Å². The Bertz CT molecular complexity index is 580. The number of rotatable bonds is 5. The van der Waals surface area contributed by atoms with Crippen LogP contribution in [-0.4, -0.2) is 11.5 Å². The molecule has 0 atom stereocenters. The van der Waals surface area contributed by atoms with Crippen molar-refractivity contribution in [2.45, 2.75) is 12.7 Å². The number of hydrogen-bond acceptors (Lipinski definition) is 2. The number of carbonyl (C=O) groups excluding carboxylic acids is 1. The lowest BCUT2D eigenvalue weighted by atomic mass is 10.1. The molecule has 1 nitrogen and oxygen atoms in total. The standard InChI is InChI=1S/C16H15FOS/c1-12-5-4-6-13(9-12)10-19-11-16(18)14-7-2-3-8-15(14)17/h2-9H,10-11H2,1H3. The average molecular weight is 274 g/mol. The van der Waals surface area contributed by atoms with Gasteiger partial charge in [0.15, 0.2) is 5.78 Å². The number of benzene rings is 2. The Kier molecular flexibility index (Phi) is 4.74. The molecule has 2 aromatic rings. The van der Waals surface area contributed by atoms with E-state index in [-0.39, 0.29) is 11.3 Å². The zero-order valence-electron chi connectivity index (χ0n) is 10.7. The maximum atomic E-state index is 13.4. The predicted octanol–water partition coefficient (Wildman–Crippen LogP) is 4.25. The molecule has 2 aromatic carbocycles. The minimum Gasteiger partial charge on any atom is -0.293 e. The van der Waals surface area contributed by atoms with Crippen LogP contribution in [0.3, 0.4) is 0 Å². The van der Waals surface area contributed by atoms with E-state index in [0.717, 1.165) is 5.75 Å². The molecule has 0 saturated carbocycles. The van der Waals surface area contributed by atoms with Crippen LogP contribution in [0.5, 0.6) is 0 Å². The summed E-state index contributed by atoms with van der Waals surface area (Å²) >= 11 is 1.51. The van der Waals surface area contributed by atoms with Crippen LogP contribution in [0.1, 0.15) is 21.5 Å². The van der Waals surface area contributed by atoms with Crippen LogP contribution >= 0.6 is 11.8 Å². The van der Waals surface area contributed by atoms with Crippen molar-refractivity contribution >= 4 is 17.5 Å². The van der Waals surface area contributed by atoms with E-state index in [9.17, 15) is 9.18 Å². The van der Waals surface area contributed by atoms with Crippen molar-refractivity contribution in [2.75, 3.05) is 5.75 Å². The van der Waals surface area contributed by atoms with Crippen LogP contribution in [-0.2, 0) is 5.75 Å². The van der Waals surface area contributed by atoms with E-state index in [1.165, 1.54) is 35.0 Å². The highest BCUT2D eigenvalue weighted by Crippen LogP contribution is 2.16. The second-order valence-corrected chi connectivity index (χ2v) is 5.37. The molecule has 0 amide bonds. The molecule has 0 heterocycles. The number of carbonyl (C=O) groups is 1. The largest absolute Gasteiger partial charge is 0.293 e. The molecule has 0 aromatic heterocycles. The molecule has 98 valence electrons. The predicted molar refractivity (Wildman–Crippen MR) is 78.1 cm³/mol. The van der Waals surface area contributed by atoms with Gasteiger partial charge in [0, 0.05) is 5.75 Å². The summed E-state index contributed by atoms with van der Waals surface area (Å²) in [5.41, 5.74) is 2.57. The molecule has 0 unspecified atom stereocenters. The molecule has 0 radical (unpaired) electrons. The van der Waals surface area contributed by atoms with Gasteiger partial charge in [-0.05, 0) is 24.6 Å². The number of halogens is 1. The Hall–Kier alpha value is -1.61. The lowest BCUT2D eigenvalue weighted by Crippen LogP contribution is -2.05. The summed E-state index contributed by atoms with van der Waals surface area (Å²) in [5.74, 6) is 0.468. The highest BCUT2D eigenvalue weighted by Gasteiger charge is 2.10. The quantitative estimate of drug-likeness (QED) is 0.758. The van der Waals surface area contributed by atoms with Crippen LogP contribution in [0.4, 0.5) is 4.39 Å². The van der Waals surface area contributed by atoms with E-state index in [1.807, 2.05) is 25.1 Å². The maximum absolute atomic E-state index is 13.4. The Morgan fingerprint density at radius 2 is 1.95 bits per heavy atom.